The molecule has 14 nitrogen and oxygen atoms in total. The van der Waals surface area contributed by atoms with Gasteiger partial charge in [0.05, 0.1) is 43.7 Å². The van der Waals surface area contributed by atoms with Gasteiger partial charge in [0.2, 0.25) is 11.8 Å². The zero-order valence-electron chi connectivity index (χ0n) is 20.9. The molecule has 6 atom stereocenters. The van der Waals surface area contributed by atoms with Gasteiger partial charge in [0.25, 0.3) is 0 Å². The number of hydrogen-bond donors (Lipinski definition) is 8. The quantitative estimate of drug-likeness (QED) is 0.102. The van der Waals surface area contributed by atoms with Crippen LogP contribution in [0.5, 0.6) is 5.75 Å². The van der Waals surface area contributed by atoms with Crippen LogP contribution >= 0.6 is 7.60 Å². The number of carbonyl (C=O) groups excluding carboxylic acids is 2. The van der Waals surface area contributed by atoms with Crippen LogP contribution < -0.4 is 10.6 Å². The lowest BCUT2D eigenvalue weighted by molar-refractivity contribution is -0.147. The van der Waals surface area contributed by atoms with E-state index in [0.29, 0.717) is 5.56 Å². The first-order valence-electron chi connectivity index (χ1n) is 11.7. The van der Waals surface area contributed by atoms with Crippen molar-refractivity contribution >= 4 is 31.5 Å². The van der Waals surface area contributed by atoms with E-state index in [4.69, 9.17) is 4.52 Å². The van der Waals surface area contributed by atoms with Crippen LogP contribution in [0.4, 0.5) is 0 Å². The number of nitrogens with one attached hydrogen (secondary N) is 2. The van der Waals surface area contributed by atoms with Gasteiger partial charge in [-0.1, -0.05) is 12.1 Å². The topological polar surface area (TPSA) is 226 Å². The van der Waals surface area contributed by atoms with E-state index in [2.05, 4.69) is 10.6 Å². The van der Waals surface area contributed by atoms with Crippen molar-refractivity contribution in [2.24, 2.45) is 0 Å². The molecule has 38 heavy (non-hydrogen) atoms. The number of nitrogens with zero attached hydrogens (tertiary/aromatic N) is 1. The molecule has 0 aromatic heterocycles. The third kappa shape index (κ3) is 8.60. The van der Waals surface area contributed by atoms with Gasteiger partial charge >= 0.3 is 13.6 Å². The summed E-state index contributed by atoms with van der Waals surface area (Å²) in [4.78, 5) is 47.1. The predicted molar refractivity (Wildman–Crippen MR) is 134 cm³/mol. The fraction of sp³-hybridized carbons (Fsp3) is 0.522. The van der Waals surface area contributed by atoms with Crippen molar-refractivity contribution in [3.05, 3.63) is 35.9 Å². The van der Waals surface area contributed by atoms with Gasteiger partial charge in [0, 0.05) is 26.1 Å². The van der Waals surface area contributed by atoms with Crippen molar-refractivity contribution in [2.75, 3.05) is 32.5 Å². The number of carboxylic acid groups (broad SMARTS) is 1. The number of carbonyl (C=O) groups is 3. The molecule has 2 unspecified atom stereocenters. The first kappa shape index (κ1) is 31.4. The number of aliphatic hydroxyl groups is 3. The predicted octanol–water partition coefficient (Wildman–Crippen LogP) is -1.53. The number of phenolic OH excluding ortho intramolecular Hbond substituents is 1. The van der Waals surface area contributed by atoms with E-state index in [1.165, 1.54) is 30.0 Å². The van der Waals surface area contributed by atoms with Gasteiger partial charge in [-0.3, -0.25) is 19.1 Å². The summed E-state index contributed by atoms with van der Waals surface area (Å²) in [5.41, 5.74) is -1.61. The molecule has 2 rings (SSSR count). The highest BCUT2D eigenvalue weighted by molar-refractivity contribution is 7.52. The minimum atomic E-state index is -4.47. The number of rotatable bonds is 13. The Labute approximate surface area is 219 Å². The summed E-state index contributed by atoms with van der Waals surface area (Å²) in [7, 11) is -4.47. The molecule has 212 valence electrons. The van der Waals surface area contributed by atoms with E-state index in [-0.39, 0.29) is 18.8 Å². The van der Waals surface area contributed by atoms with Crippen molar-refractivity contribution in [2.45, 2.75) is 43.7 Å². The van der Waals surface area contributed by atoms with Crippen LogP contribution in [-0.2, 0) is 23.5 Å². The molecule has 1 aliphatic rings. The van der Waals surface area contributed by atoms with Crippen LogP contribution in [0.1, 0.15) is 19.4 Å². The molecule has 0 spiro atoms. The SMILES string of the molecule is CC(=O)NC[C@@H]1[C@@H](O)[C@H](O)[C@@H](CO)N1CCP(=O)(O)OCC(C)(NC(=O)/C=C/c1cccc(O)c1)C(=O)O. The number of benzene rings is 1. The number of carboxylic acids is 1. The molecule has 0 aliphatic carbocycles. The van der Waals surface area contributed by atoms with Crippen molar-refractivity contribution in [3.63, 3.8) is 0 Å². The van der Waals surface area contributed by atoms with Crippen LogP contribution in [0, 0.1) is 0 Å². The number of likely N-dealkylation sites (tertiary alicyclic amines) is 1. The highest BCUT2D eigenvalue weighted by Crippen LogP contribution is 2.43. The number of aliphatic hydroxyl groups excluding tert-OH is 3. The molecule has 1 aliphatic heterocycles. The summed E-state index contributed by atoms with van der Waals surface area (Å²) in [6.45, 7) is 0.548. The second-order valence-electron chi connectivity index (χ2n) is 9.16. The zero-order valence-corrected chi connectivity index (χ0v) is 21.8. The molecular weight excluding hydrogens is 525 g/mol. The maximum absolute atomic E-state index is 12.7. The molecule has 1 saturated heterocycles. The molecule has 0 bridgehead atoms. The Bertz CT molecular complexity index is 1080. The minimum Gasteiger partial charge on any atom is -0.508 e. The standard InChI is InChI=1S/C23H34N3O11P/c1-14(28)24-11-17-20(31)21(32)18(12-27)26(17)8-9-38(35,36)37-13-23(2,22(33)34)25-19(30)7-6-15-4-3-5-16(29)10-15/h3-7,10,17-18,20-21,27,29,31-32H,8-9,11-13H2,1-2H3,(H,24,28)(H,25,30)(H,33,34)(H,35,36)/b7-6+/t17-,18-,20-,21-,23?/m1/s1. The molecule has 1 aromatic rings. The van der Waals surface area contributed by atoms with Crippen LogP contribution in [0.2, 0.25) is 0 Å². The first-order chi connectivity index (χ1) is 17.7. The fourth-order valence-electron chi connectivity index (χ4n) is 3.93. The van der Waals surface area contributed by atoms with Gasteiger partial charge in [0.15, 0.2) is 5.54 Å². The average molecular weight is 560 g/mol. The number of aromatic hydroxyl groups is 1. The monoisotopic (exact) mass is 559 g/mol. The Morgan fingerprint density at radius 1 is 1.21 bits per heavy atom. The summed E-state index contributed by atoms with van der Waals surface area (Å²) in [6, 6.07) is 4.12. The van der Waals surface area contributed by atoms with Gasteiger partial charge < -0.3 is 45.6 Å². The summed E-state index contributed by atoms with van der Waals surface area (Å²) in [6.07, 6.45) is -0.931. The maximum atomic E-state index is 12.7. The number of amides is 2. The molecule has 1 fully saturated rings. The second-order valence-corrected chi connectivity index (χ2v) is 11.1. The molecule has 2 amide bonds. The maximum Gasteiger partial charge on any atom is 0.331 e. The number of phenols is 1. The van der Waals surface area contributed by atoms with E-state index >= 15 is 0 Å². The first-order valence-corrected chi connectivity index (χ1v) is 13.4. The summed E-state index contributed by atoms with van der Waals surface area (Å²) < 4.78 is 17.7. The Morgan fingerprint density at radius 2 is 1.87 bits per heavy atom. The normalized spacial score (nSPS) is 25.0. The third-order valence-corrected chi connectivity index (χ3v) is 7.40. The van der Waals surface area contributed by atoms with E-state index in [1.54, 1.807) is 12.1 Å². The van der Waals surface area contributed by atoms with Crippen LogP contribution in [0.15, 0.2) is 30.3 Å². The Morgan fingerprint density at radius 3 is 2.45 bits per heavy atom. The summed E-state index contributed by atoms with van der Waals surface area (Å²) >= 11 is 0. The Hall–Kier alpha value is -2.84. The summed E-state index contributed by atoms with van der Waals surface area (Å²) in [5.74, 6) is -2.79. The van der Waals surface area contributed by atoms with Crippen LogP contribution in [0.25, 0.3) is 6.08 Å². The molecular formula is C23H34N3O11P. The molecule has 0 saturated carbocycles. The van der Waals surface area contributed by atoms with E-state index < -0.39 is 74.6 Å². The lowest BCUT2D eigenvalue weighted by Crippen LogP contribution is -2.55. The zero-order chi connectivity index (χ0) is 28.7. The third-order valence-electron chi connectivity index (χ3n) is 6.10. The molecule has 15 heteroatoms. The van der Waals surface area contributed by atoms with Crippen molar-refractivity contribution in [1.82, 2.24) is 15.5 Å². The highest BCUT2D eigenvalue weighted by Gasteiger charge is 2.47. The van der Waals surface area contributed by atoms with Crippen molar-refractivity contribution < 1.29 is 53.9 Å². The Balaban J connectivity index is 2.03. The average Bonchev–Trinajstić information content (AvgIpc) is 3.07. The minimum absolute atomic E-state index is 0.0280. The highest BCUT2D eigenvalue weighted by atomic mass is 31.2. The van der Waals surface area contributed by atoms with Crippen LogP contribution in [0.3, 0.4) is 0 Å². The molecule has 1 aromatic carbocycles. The van der Waals surface area contributed by atoms with Crippen LogP contribution in [-0.4, -0.2) is 115 Å². The largest absolute Gasteiger partial charge is 0.508 e. The lowest BCUT2D eigenvalue weighted by Gasteiger charge is -2.31. The van der Waals surface area contributed by atoms with Crippen molar-refractivity contribution in [1.29, 1.82) is 0 Å². The van der Waals surface area contributed by atoms with Gasteiger partial charge in [-0.05, 0) is 30.7 Å². The lowest BCUT2D eigenvalue weighted by atomic mass is 10.0. The van der Waals surface area contributed by atoms with Crippen molar-refractivity contribution in [3.8, 4) is 5.75 Å². The fourth-order valence-corrected chi connectivity index (χ4v) is 5.00. The Kier molecular flexibility index (Phi) is 11.0. The van der Waals surface area contributed by atoms with Gasteiger partial charge in [0.1, 0.15) is 5.75 Å². The van der Waals surface area contributed by atoms with Gasteiger partial charge in [-0.25, -0.2) is 4.79 Å². The van der Waals surface area contributed by atoms with E-state index in [1.807, 2.05) is 0 Å². The number of aliphatic carboxylic acids is 1. The second kappa shape index (κ2) is 13.3. The molecule has 1 heterocycles. The smallest absolute Gasteiger partial charge is 0.331 e. The molecule has 0 radical (unpaired) electrons. The van der Waals surface area contributed by atoms with E-state index in [0.717, 1.165) is 13.0 Å². The summed E-state index contributed by atoms with van der Waals surface area (Å²) in [5, 5.41) is 54.0. The number of hydrogen-bond acceptors (Lipinski definition) is 10. The molecule has 8 N–H and O–H groups in total. The van der Waals surface area contributed by atoms with Gasteiger partial charge in [-0.2, -0.15) is 0 Å². The van der Waals surface area contributed by atoms with E-state index in [9.17, 15) is 49.4 Å². The van der Waals surface area contributed by atoms with Gasteiger partial charge in [-0.15, -0.1) is 0 Å².